The number of aliphatic hydroxyl groups is 2. The van der Waals surface area contributed by atoms with Crippen molar-refractivity contribution in [2.45, 2.75) is 49.3 Å². The molecule has 4 N–H and O–H groups in total. The molecule has 2 heterocycles. The number of anilines is 1. The molecule has 2 unspecified atom stereocenters. The highest BCUT2D eigenvalue weighted by Crippen LogP contribution is 2.22. The average Bonchev–Trinajstić information content (AvgIpc) is 2.92. The van der Waals surface area contributed by atoms with Gasteiger partial charge in [-0.05, 0) is 44.0 Å². The Morgan fingerprint density at radius 1 is 1.12 bits per heavy atom. The van der Waals surface area contributed by atoms with Gasteiger partial charge in [-0.15, -0.1) is 0 Å². The smallest absolute Gasteiger partial charge is 0.335 e. The molecule has 1 fully saturated rings. The number of benzene rings is 1. The fraction of sp³-hybridized carbons (Fsp3) is 0.520. The molecule has 0 aliphatic carbocycles. The van der Waals surface area contributed by atoms with E-state index in [9.17, 15) is 22.4 Å². The standard InChI is InChI=1S/C21H29FN4O3S.C4H6O6/c1-4-16-14-23-21(24-15-16)26-9-7-17(8-10-26)25(2)11-12-29-18-5-6-20(19(22)13-18)30(3,27)28;5-1(3(7)8)2(6)4(9)10/h5-6,13-15,17H,4,7-12H2,1-3H3;1-2,5-6H,(H,7,8)(H,9,10). The van der Waals surface area contributed by atoms with Crippen LogP contribution in [0, 0.1) is 5.82 Å². The molecule has 15 heteroatoms. The number of carbonyl (C=O) groups is 2. The molecule has 0 bridgehead atoms. The zero-order valence-electron chi connectivity index (χ0n) is 22.5. The molecular formula is C25H35FN4O9S. The van der Waals surface area contributed by atoms with E-state index < -0.39 is 39.8 Å². The molecule has 13 nitrogen and oxygen atoms in total. The van der Waals surface area contributed by atoms with Crippen molar-refractivity contribution in [1.29, 1.82) is 0 Å². The predicted molar refractivity (Wildman–Crippen MR) is 142 cm³/mol. The van der Waals surface area contributed by atoms with Crippen LogP contribution in [0.15, 0.2) is 35.5 Å². The third kappa shape index (κ3) is 9.66. The Bertz CT molecular complexity index is 1220. The topological polar surface area (TPSA) is 191 Å². The number of rotatable bonds is 11. The summed E-state index contributed by atoms with van der Waals surface area (Å²) >= 11 is 0. The predicted octanol–water partition coefficient (Wildman–Crippen LogP) is 0.439. The fourth-order valence-electron chi connectivity index (χ4n) is 3.83. The van der Waals surface area contributed by atoms with Crippen molar-refractivity contribution in [3.05, 3.63) is 42.0 Å². The molecule has 0 spiro atoms. The number of carboxylic acid groups (broad SMARTS) is 2. The molecule has 222 valence electrons. The molecule has 0 saturated carbocycles. The maximum Gasteiger partial charge on any atom is 0.335 e. The third-order valence-corrected chi connectivity index (χ3v) is 7.42. The van der Waals surface area contributed by atoms with Crippen LogP contribution in [0.1, 0.15) is 25.3 Å². The number of ether oxygens (including phenoxy) is 1. The van der Waals surface area contributed by atoms with Gasteiger partial charge in [0, 0.05) is 50.4 Å². The minimum absolute atomic E-state index is 0.313. The Morgan fingerprint density at radius 3 is 2.12 bits per heavy atom. The van der Waals surface area contributed by atoms with Crippen LogP contribution in [-0.2, 0) is 25.8 Å². The lowest BCUT2D eigenvalue weighted by molar-refractivity contribution is -0.165. The summed E-state index contributed by atoms with van der Waals surface area (Å²) in [6.45, 7) is 4.99. The van der Waals surface area contributed by atoms with E-state index in [0.717, 1.165) is 56.2 Å². The van der Waals surface area contributed by atoms with Gasteiger partial charge >= 0.3 is 11.9 Å². The van der Waals surface area contributed by atoms with E-state index in [1.807, 2.05) is 12.4 Å². The number of nitrogens with zero attached hydrogens (tertiary/aromatic N) is 4. The zero-order chi connectivity index (χ0) is 30.0. The second-order valence-corrected chi connectivity index (χ2v) is 11.2. The summed E-state index contributed by atoms with van der Waals surface area (Å²) in [4.78, 5) is 32.6. The number of aromatic nitrogens is 2. The number of aliphatic hydroxyl groups excluding tert-OH is 2. The van der Waals surface area contributed by atoms with Gasteiger partial charge in [0.1, 0.15) is 23.1 Å². The zero-order valence-corrected chi connectivity index (χ0v) is 23.3. The molecule has 40 heavy (non-hydrogen) atoms. The first-order chi connectivity index (χ1) is 18.7. The van der Waals surface area contributed by atoms with Crippen LogP contribution < -0.4 is 9.64 Å². The van der Waals surface area contributed by atoms with Crippen LogP contribution in [0.4, 0.5) is 10.3 Å². The third-order valence-electron chi connectivity index (χ3n) is 6.29. The Kier molecular flexibility index (Phi) is 12.2. The van der Waals surface area contributed by atoms with Gasteiger partial charge in [-0.2, -0.15) is 0 Å². The Balaban J connectivity index is 0.000000478. The molecule has 1 aliphatic heterocycles. The van der Waals surface area contributed by atoms with Gasteiger partial charge in [-0.3, -0.25) is 4.90 Å². The molecule has 3 rings (SSSR count). The number of carboxylic acids is 2. The van der Waals surface area contributed by atoms with Crippen LogP contribution in [0.5, 0.6) is 5.75 Å². The summed E-state index contributed by atoms with van der Waals surface area (Å²) in [6.07, 6.45) is 3.18. The summed E-state index contributed by atoms with van der Waals surface area (Å²) < 4.78 is 42.6. The number of halogens is 1. The quantitative estimate of drug-likeness (QED) is 0.284. The molecule has 2 atom stereocenters. The molecule has 0 radical (unpaired) electrons. The van der Waals surface area contributed by atoms with Crippen molar-refractivity contribution in [3.63, 3.8) is 0 Å². The second-order valence-electron chi connectivity index (χ2n) is 9.22. The van der Waals surface area contributed by atoms with E-state index in [4.69, 9.17) is 25.2 Å². The normalized spacial score (nSPS) is 15.6. The summed E-state index contributed by atoms with van der Waals surface area (Å²) in [6, 6.07) is 4.29. The van der Waals surface area contributed by atoms with Gasteiger partial charge in [0.15, 0.2) is 22.0 Å². The highest BCUT2D eigenvalue weighted by molar-refractivity contribution is 7.90. The number of piperidine rings is 1. The fourth-order valence-corrected chi connectivity index (χ4v) is 4.56. The molecule has 1 aliphatic rings. The van der Waals surface area contributed by atoms with Crippen molar-refractivity contribution in [3.8, 4) is 5.75 Å². The monoisotopic (exact) mass is 586 g/mol. The van der Waals surface area contributed by atoms with E-state index in [0.29, 0.717) is 24.9 Å². The highest BCUT2D eigenvalue weighted by Gasteiger charge is 2.29. The van der Waals surface area contributed by atoms with Crippen LogP contribution in [0.3, 0.4) is 0 Å². The van der Waals surface area contributed by atoms with E-state index in [1.165, 1.54) is 12.1 Å². The van der Waals surface area contributed by atoms with E-state index >= 15 is 0 Å². The van der Waals surface area contributed by atoms with Gasteiger partial charge in [-0.1, -0.05) is 6.92 Å². The Hall–Kier alpha value is -3.40. The van der Waals surface area contributed by atoms with Crippen molar-refractivity contribution >= 4 is 27.7 Å². The summed E-state index contributed by atoms with van der Waals surface area (Å²) in [5.41, 5.74) is 1.14. The summed E-state index contributed by atoms with van der Waals surface area (Å²) in [7, 11) is -1.52. The molecule has 0 amide bonds. The van der Waals surface area contributed by atoms with Crippen LogP contribution in [0.2, 0.25) is 0 Å². The van der Waals surface area contributed by atoms with E-state index in [2.05, 4.69) is 33.7 Å². The van der Waals surface area contributed by atoms with Gasteiger partial charge < -0.3 is 30.1 Å². The first-order valence-electron chi connectivity index (χ1n) is 12.4. The van der Waals surface area contributed by atoms with Gasteiger partial charge in [0.2, 0.25) is 5.95 Å². The molecule has 1 saturated heterocycles. The first-order valence-corrected chi connectivity index (χ1v) is 14.3. The van der Waals surface area contributed by atoms with Crippen molar-refractivity contribution in [2.24, 2.45) is 0 Å². The number of hydrogen-bond acceptors (Lipinski definition) is 11. The maximum absolute atomic E-state index is 14.0. The van der Waals surface area contributed by atoms with Crippen LogP contribution in [0.25, 0.3) is 0 Å². The van der Waals surface area contributed by atoms with Crippen LogP contribution in [-0.4, -0.2) is 113 Å². The Morgan fingerprint density at radius 2 is 1.68 bits per heavy atom. The van der Waals surface area contributed by atoms with Crippen molar-refractivity contribution < 1.29 is 47.6 Å². The van der Waals surface area contributed by atoms with Crippen molar-refractivity contribution in [1.82, 2.24) is 14.9 Å². The number of hydrogen-bond donors (Lipinski definition) is 4. The van der Waals surface area contributed by atoms with Crippen molar-refractivity contribution in [2.75, 3.05) is 44.4 Å². The van der Waals surface area contributed by atoms with Crippen LogP contribution >= 0.6 is 0 Å². The lowest BCUT2D eigenvalue weighted by Gasteiger charge is -2.36. The number of aryl methyl sites for hydroxylation is 1. The highest BCUT2D eigenvalue weighted by atomic mass is 32.2. The van der Waals surface area contributed by atoms with E-state index in [1.54, 1.807) is 0 Å². The average molecular weight is 587 g/mol. The van der Waals surface area contributed by atoms with Gasteiger partial charge in [-0.25, -0.2) is 32.4 Å². The van der Waals surface area contributed by atoms with Gasteiger partial charge in [0.05, 0.1) is 0 Å². The summed E-state index contributed by atoms with van der Waals surface area (Å²) in [5.74, 6) is -3.21. The van der Waals surface area contributed by atoms with Gasteiger partial charge in [0.25, 0.3) is 0 Å². The lowest BCUT2D eigenvalue weighted by Crippen LogP contribution is -2.45. The minimum atomic E-state index is -3.58. The Labute approximate surface area is 231 Å². The number of likely N-dealkylation sites (N-methyl/N-ethyl adjacent to an activating group) is 1. The molecule has 2 aromatic rings. The second kappa shape index (κ2) is 14.8. The molecule has 1 aromatic carbocycles. The number of aliphatic carboxylic acids is 2. The minimum Gasteiger partial charge on any atom is -0.492 e. The largest absolute Gasteiger partial charge is 0.492 e. The first kappa shape index (κ1) is 32.8. The summed E-state index contributed by atoms with van der Waals surface area (Å²) in [5, 5.41) is 32.5. The van der Waals surface area contributed by atoms with E-state index in [-0.39, 0.29) is 4.90 Å². The SMILES string of the molecule is CCc1cnc(N2CCC(N(C)CCOc3ccc(S(C)(=O)=O)c(F)c3)CC2)nc1.O=C(O)C(O)C(O)C(=O)O. The number of sulfone groups is 1. The molecule has 1 aromatic heterocycles. The maximum atomic E-state index is 14.0. The molecular weight excluding hydrogens is 551 g/mol. The lowest BCUT2D eigenvalue weighted by atomic mass is 10.0.